The highest BCUT2D eigenvalue weighted by molar-refractivity contribution is 7.12. The Kier molecular flexibility index (Phi) is 7.90. The summed E-state index contributed by atoms with van der Waals surface area (Å²) in [6, 6.07) is 11.6. The molecule has 0 spiro atoms. The van der Waals surface area contributed by atoms with Gasteiger partial charge >= 0.3 is 0 Å². The predicted molar refractivity (Wildman–Crippen MR) is 130 cm³/mol. The van der Waals surface area contributed by atoms with Crippen LogP contribution in [-0.2, 0) is 11.3 Å². The minimum Gasteiger partial charge on any atom is -0.497 e. The molecule has 0 unspecified atom stereocenters. The van der Waals surface area contributed by atoms with Crippen molar-refractivity contribution >= 4 is 23.2 Å². The van der Waals surface area contributed by atoms with E-state index >= 15 is 0 Å². The second kappa shape index (κ2) is 11.2. The normalized spacial score (nSPS) is 14.9. The molecule has 7 nitrogen and oxygen atoms in total. The Morgan fingerprint density at radius 3 is 2.59 bits per heavy atom. The van der Waals surface area contributed by atoms with E-state index < -0.39 is 6.04 Å². The molecule has 1 aliphatic rings. The lowest BCUT2D eigenvalue weighted by Crippen LogP contribution is -2.46. The lowest BCUT2D eigenvalue weighted by atomic mass is 9.94. The minimum atomic E-state index is -0.914. The average molecular weight is 483 g/mol. The van der Waals surface area contributed by atoms with Gasteiger partial charge in [-0.1, -0.05) is 25.3 Å². The number of nitrogens with one attached hydrogen (secondary N) is 1. The summed E-state index contributed by atoms with van der Waals surface area (Å²) in [5, 5.41) is 5.06. The van der Waals surface area contributed by atoms with Crippen molar-refractivity contribution in [1.29, 1.82) is 0 Å². The van der Waals surface area contributed by atoms with Gasteiger partial charge in [0.1, 0.15) is 23.3 Å². The van der Waals surface area contributed by atoms with Crippen LogP contribution in [0.3, 0.4) is 0 Å². The maximum absolute atomic E-state index is 13.9. The van der Waals surface area contributed by atoms with Gasteiger partial charge in [-0.25, -0.2) is 0 Å². The summed E-state index contributed by atoms with van der Waals surface area (Å²) in [7, 11) is 3.12. The van der Waals surface area contributed by atoms with E-state index in [-0.39, 0.29) is 24.4 Å². The molecule has 1 atom stereocenters. The molecule has 0 radical (unpaired) electrons. The number of amides is 2. The van der Waals surface area contributed by atoms with Crippen LogP contribution < -0.4 is 14.8 Å². The fraction of sp³-hybridized carbons (Fsp3) is 0.385. The van der Waals surface area contributed by atoms with E-state index in [1.54, 1.807) is 61.8 Å². The van der Waals surface area contributed by atoms with Crippen LogP contribution in [0.1, 0.15) is 59.1 Å². The highest BCUT2D eigenvalue weighted by Gasteiger charge is 2.36. The van der Waals surface area contributed by atoms with E-state index in [0.717, 1.165) is 25.7 Å². The van der Waals surface area contributed by atoms with Gasteiger partial charge in [0.05, 0.1) is 31.9 Å². The van der Waals surface area contributed by atoms with E-state index in [1.807, 2.05) is 11.4 Å². The quantitative estimate of drug-likeness (QED) is 0.454. The van der Waals surface area contributed by atoms with Crippen molar-refractivity contribution in [2.45, 2.75) is 50.7 Å². The van der Waals surface area contributed by atoms with Crippen LogP contribution in [0.25, 0.3) is 0 Å². The molecule has 0 saturated heterocycles. The number of hydrogen-bond acceptors (Lipinski definition) is 6. The molecule has 1 aromatic carbocycles. The van der Waals surface area contributed by atoms with Crippen molar-refractivity contribution in [2.24, 2.45) is 0 Å². The van der Waals surface area contributed by atoms with Crippen molar-refractivity contribution in [3.8, 4) is 11.5 Å². The first kappa shape index (κ1) is 23.9. The summed E-state index contributed by atoms with van der Waals surface area (Å²) >= 11 is 1.34. The fourth-order valence-corrected chi connectivity index (χ4v) is 5.09. The molecule has 2 amide bonds. The average Bonchev–Trinajstić information content (AvgIpc) is 3.58. The number of methoxy groups -OCH3 is 2. The molecule has 1 aliphatic carbocycles. The smallest absolute Gasteiger partial charge is 0.265 e. The monoisotopic (exact) mass is 482 g/mol. The van der Waals surface area contributed by atoms with Crippen molar-refractivity contribution < 1.29 is 23.5 Å². The van der Waals surface area contributed by atoms with E-state index in [0.29, 0.717) is 27.7 Å². The number of carbonyl (C=O) groups is 2. The molecule has 0 bridgehead atoms. The molecule has 0 aliphatic heterocycles. The maximum atomic E-state index is 13.9. The van der Waals surface area contributed by atoms with Gasteiger partial charge in [-0.15, -0.1) is 11.3 Å². The summed E-state index contributed by atoms with van der Waals surface area (Å²) in [5.41, 5.74) is 0.591. The zero-order valence-corrected chi connectivity index (χ0v) is 20.3. The van der Waals surface area contributed by atoms with E-state index in [1.165, 1.54) is 17.8 Å². The van der Waals surface area contributed by atoms with Crippen molar-refractivity contribution in [3.05, 3.63) is 70.3 Å². The Bertz CT molecular complexity index is 1070. The first-order valence-corrected chi connectivity index (χ1v) is 12.4. The van der Waals surface area contributed by atoms with Crippen molar-refractivity contribution in [1.82, 2.24) is 10.2 Å². The molecule has 4 rings (SSSR count). The van der Waals surface area contributed by atoms with Crippen LogP contribution in [0.15, 0.2) is 58.5 Å². The SMILES string of the molecule is COc1ccc([C@H](C(=O)NC2CCCCC2)N(Cc2ccco2)C(=O)c2cccs2)c(OC)c1. The first-order valence-electron chi connectivity index (χ1n) is 11.5. The summed E-state index contributed by atoms with van der Waals surface area (Å²) in [6.07, 6.45) is 6.81. The number of rotatable bonds is 9. The molecular weight excluding hydrogens is 452 g/mol. The molecule has 1 fully saturated rings. The summed E-state index contributed by atoms with van der Waals surface area (Å²) < 4.78 is 16.6. The number of ether oxygens (including phenoxy) is 2. The van der Waals surface area contributed by atoms with Gasteiger partial charge in [0.15, 0.2) is 0 Å². The molecule has 1 saturated carbocycles. The largest absolute Gasteiger partial charge is 0.497 e. The lowest BCUT2D eigenvalue weighted by molar-refractivity contribution is -0.127. The molecule has 180 valence electrons. The molecule has 34 heavy (non-hydrogen) atoms. The van der Waals surface area contributed by atoms with Crippen LogP contribution in [-0.4, -0.2) is 37.0 Å². The summed E-state index contributed by atoms with van der Waals surface area (Å²) in [5.74, 6) is 1.20. The zero-order chi connectivity index (χ0) is 23.9. The third-order valence-corrected chi connectivity index (χ3v) is 7.00. The van der Waals surface area contributed by atoms with Crippen molar-refractivity contribution in [3.63, 3.8) is 0 Å². The molecular formula is C26H30N2O5S. The topological polar surface area (TPSA) is 81.0 Å². The first-order chi connectivity index (χ1) is 16.6. The Morgan fingerprint density at radius 1 is 1.12 bits per heavy atom. The van der Waals surface area contributed by atoms with Crippen molar-refractivity contribution in [2.75, 3.05) is 14.2 Å². The number of furan rings is 1. The summed E-state index contributed by atoms with van der Waals surface area (Å²) in [4.78, 5) is 29.7. The van der Waals surface area contributed by atoms with Gasteiger partial charge < -0.3 is 24.1 Å². The van der Waals surface area contributed by atoms with Crippen LogP contribution in [0, 0.1) is 0 Å². The zero-order valence-electron chi connectivity index (χ0n) is 19.5. The molecule has 2 heterocycles. The van der Waals surface area contributed by atoms with E-state index in [2.05, 4.69) is 5.32 Å². The second-order valence-corrected chi connectivity index (χ2v) is 9.29. The number of benzene rings is 1. The number of nitrogens with zero attached hydrogens (tertiary/aromatic N) is 1. The predicted octanol–water partition coefficient (Wildman–Crippen LogP) is 5.19. The summed E-state index contributed by atoms with van der Waals surface area (Å²) in [6.45, 7) is 0.141. The van der Waals surface area contributed by atoms with Crippen LogP contribution in [0.4, 0.5) is 0 Å². The van der Waals surface area contributed by atoms with Gasteiger partial charge in [0, 0.05) is 17.7 Å². The second-order valence-electron chi connectivity index (χ2n) is 8.34. The Morgan fingerprint density at radius 2 is 1.94 bits per heavy atom. The molecule has 2 aromatic heterocycles. The number of thiophene rings is 1. The molecule has 1 N–H and O–H groups in total. The third kappa shape index (κ3) is 5.44. The molecule has 3 aromatic rings. The van der Waals surface area contributed by atoms with Gasteiger partial charge in [0.2, 0.25) is 5.91 Å². The van der Waals surface area contributed by atoms with Gasteiger partial charge in [0.25, 0.3) is 5.91 Å². The minimum absolute atomic E-state index is 0.0929. The van der Waals surface area contributed by atoms with Gasteiger partial charge in [-0.2, -0.15) is 0 Å². The highest BCUT2D eigenvalue weighted by atomic mass is 32.1. The Labute approximate surface area is 203 Å². The number of carbonyl (C=O) groups excluding carboxylic acids is 2. The fourth-order valence-electron chi connectivity index (χ4n) is 4.41. The Hall–Kier alpha value is -3.26. The van der Waals surface area contributed by atoms with E-state index in [9.17, 15) is 9.59 Å². The molecule has 8 heteroatoms. The van der Waals surface area contributed by atoms with E-state index in [4.69, 9.17) is 13.9 Å². The lowest BCUT2D eigenvalue weighted by Gasteiger charge is -2.33. The Balaban J connectivity index is 1.77. The van der Waals surface area contributed by atoms with Gasteiger partial charge in [-0.05, 0) is 48.6 Å². The third-order valence-electron chi connectivity index (χ3n) is 6.15. The van der Waals surface area contributed by atoms with Crippen LogP contribution in [0.2, 0.25) is 0 Å². The number of hydrogen-bond donors (Lipinski definition) is 1. The van der Waals surface area contributed by atoms with Crippen LogP contribution >= 0.6 is 11.3 Å². The standard InChI is InChI=1S/C26H30N2O5S/c1-31-19-12-13-21(22(16-19)32-2)24(25(29)27-18-8-4-3-5-9-18)28(17-20-10-6-14-33-20)26(30)23-11-7-15-34-23/h6-7,10-16,18,24H,3-5,8-9,17H2,1-2H3,(H,27,29)/t24-/m1/s1. The van der Waals surface area contributed by atoms with Crippen LogP contribution in [0.5, 0.6) is 11.5 Å². The highest BCUT2D eigenvalue weighted by Crippen LogP contribution is 2.35. The van der Waals surface area contributed by atoms with Gasteiger partial charge in [-0.3, -0.25) is 9.59 Å². The maximum Gasteiger partial charge on any atom is 0.265 e.